The summed E-state index contributed by atoms with van der Waals surface area (Å²) in [5.74, 6) is -2.83. The topological polar surface area (TPSA) is 116 Å². The van der Waals surface area contributed by atoms with Crippen molar-refractivity contribution < 1.29 is 35.5 Å². The minimum absolute atomic E-state index is 0.0625. The molecule has 0 atom stereocenters. The zero-order valence-electron chi connectivity index (χ0n) is 15.4. The van der Waals surface area contributed by atoms with E-state index in [-0.39, 0.29) is 22.8 Å². The highest BCUT2D eigenvalue weighted by atomic mass is 32.2. The van der Waals surface area contributed by atoms with E-state index in [4.69, 9.17) is 9.15 Å². The first kappa shape index (κ1) is 20.6. The molecule has 0 fully saturated rings. The zero-order valence-corrected chi connectivity index (χ0v) is 16.2. The number of fused-ring (bicyclic) bond motifs is 1. The number of aryl methyl sites for hydroxylation is 2. The van der Waals surface area contributed by atoms with Gasteiger partial charge in [0, 0.05) is 18.0 Å². The van der Waals surface area contributed by atoms with Crippen molar-refractivity contribution in [2.45, 2.75) is 24.9 Å². The molecule has 0 unspecified atom stereocenters. The molecule has 0 amide bonds. The van der Waals surface area contributed by atoms with Gasteiger partial charge >= 0.3 is 12.1 Å². The molecule has 0 saturated heterocycles. The lowest BCUT2D eigenvalue weighted by atomic mass is 10.1. The Morgan fingerprint density at radius 2 is 2.03 bits per heavy atom. The van der Waals surface area contributed by atoms with Crippen molar-refractivity contribution in [3.8, 4) is 0 Å². The largest absolute Gasteiger partial charge is 0.460 e. The highest BCUT2D eigenvalue weighted by molar-refractivity contribution is 7.92. The number of carbonyl (C=O) groups is 1. The van der Waals surface area contributed by atoms with Crippen molar-refractivity contribution in [1.82, 2.24) is 14.8 Å². The molecule has 0 radical (unpaired) electrons. The van der Waals surface area contributed by atoms with Crippen LogP contribution in [0.4, 0.5) is 19.1 Å². The number of nitrogens with one attached hydrogen (secondary N) is 1. The molecule has 2 aromatic heterocycles. The van der Waals surface area contributed by atoms with Gasteiger partial charge in [0.2, 0.25) is 11.7 Å². The molecule has 3 aromatic rings. The maximum absolute atomic E-state index is 12.7. The maximum atomic E-state index is 12.7. The van der Waals surface area contributed by atoms with Crippen molar-refractivity contribution in [3.05, 3.63) is 35.3 Å². The normalized spacial score (nSPS) is 12.3. The Morgan fingerprint density at radius 1 is 1.34 bits per heavy atom. The van der Waals surface area contributed by atoms with Gasteiger partial charge in [0.25, 0.3) is 15.8 Å². The van der Waals surface area contributed by atoms with E-state index in [9.17, 15) is 26.4 Å². The summed E-state index contributed by atoms with van der Waals surface area (Å²) in [5, 5.41) is 3.49. The average molecular weight is 432 g/mol. The second-order valence-corrected chi connectivity index (χ2v) is 7.60. The summed E-state index contributed by atoms with van der Waals surface area (Å²) >= 11 is 0. The molecule has 156 valence electrons. The van der Waals surface area contributed by atoms with E-state index >= 15 is 0 Å². The molecule has 1 N–H and O–H groups in total. The van der Waals surface area contributed by atoms with Gasteiger partial charge in [-0.3, -0.25) is 0 Å². The number of furan rings is 1. The third-order valence-electron chi connectivity index (χ3n) is 3.92. The fraction of sp³-hybridized carbons (Fsp3) is 0.312. The molecule has 9 nitrogen and oxygen atoms in total. The molecule has 0 saturated carbocycles. The first-order chi connectivity index (χ1) is 13.4. The molecule has 0 aliphatic carbocycles. The zero-order chi connectivity index (χ0) is 21.6. The number of halogens is 3. The van der Waals surface area contributed by atoms with Gasteiger partial charge in [-0.15, -0.1) is 5.10 Å². The van der Waals surface area contributed by atoms with Gasteiger partial charge in [0.15, 0.2) is 0 Å². The van der Waals surface area contributed by atoms with Gasteiger partial charge in [0.1, 0.15) is 5.58 Å². The number of alkyl halides is 3. The van der Waals surface area contributed by atoms with Crippen LogP contribution in [0.15, 0.2) is 27.5 Å². The van der Waals surface area contributed by atoms with Crippen LogP contribution in [-0.2, 0) is 28.0 Å². The van der Waals surface area contributed by atoms with Gasteiger partial charge in [-0.1, -0.05) is 0 Å². The summed E-state index contributed by atoms with van der Waals surface area (Å²) in [4.78, 5) is 14.8. The molecule has 0 aliphatic heterocycles. The lowest BCUT2D eigenvalue weighted by Crippen LogP contribution is -2.16. The van der Waals surface area contributed by atoms with Gasteiger partial charge in [0.05, 0.1) is 11.5 Å². The number of sulfonamides is 1. The molecule has 0 bridgehead atoms. The Hall–Kier alpha value is -3.09. The smallest absolute Gasteiger partial charge is 0.453 e. The lowest BCUT2D eigenvalue weighted by molar-refractivity contribution is -0.144. The van der Waals surface area contributed by atoms with Gasteiger partial charge in [-0.25, -0.2) is 22.6 Å². The Morgan fingerprint density at radius 3 is 2.62 bits per heavy atom. The Labute approximate surface area is 162 Å². The molecule has 1 aromatic carbocycles. The summed E-state index contributed by atoms with van der Waals surface area (Å²) in [5.41, 5.74) is 0.621. The van der Waals surface area contributed by atoms with Crippen molar-refractivity contribution >= 4 is 32.9 Å². The quantitative estimate of drug-likeness (QED) is 0.616. The first-order valence-corrected chi connectivity index (χ1v) is 9.63. The van der Waals surface area contributed by atoms with E-state index in [1.807, 2.05) is 4.72 Å². The van der Waals surface area contributed by atoms with E-state index in [2.05, 4.69) is 10.1 Å². The van der Waals surface area contributed by atoms with Crippen LogP contribution in [0.3, 0.4) is 0 Å². The number of anilines is 1. The van der Waals surface area contributed by atoms with Gasteiger partial charge in [-0.05, 0) is 32.0 Å². The highest BCUT2D eigenvalue weighted by Gasteiger charge is 2.37. The number of esters is 1. The van der Waals surface area contributed by atoms with Crippen molar-refractivity contribution in [1.29, 1.82) is 0 Å². The summed E-state index contributed by atoms with van der Waals surface area (Å²) in [6, 6.07) is 3.75. The molecule has 0 aliphatic rings. The molecule has 13 heteroatoms. The van der Waals surface area contributed by atoms with Crippen molar-refractivity contribution in [2.75, 3.05) is 11.3 Å². The predicted molar refractivity (Wildman–Crippen MR) is 93.7 cm³/mol. The van der Waals surface area contributed by atoms with Gasteiger partial charge in [-0.2, -0.15) is 18.2 Å². The Kier molecular flexibility index (Phi) is 5.03. The van der Waals surface area contributed by atoms with E-state index in [1.165, 1.54) is 18.2 Å². The fourth-order valence-corrected chi connectivity index (χ4v) is 3.59. The van der Waals surface area contributed by atoms with Crippen LogP contribution >= 0.6 is 0 Å². The summed E-state index contributed by atoms with van der Waals surface area (Å²) < 4.78 is 76.3. The number of aromatic nitrogens is 3. The van der Waals surface area contributed by atoms with E-state index in [0.717, 1.165) is 7.05 Å². The van der Waals surface area contributed by atoms with Crippen LogP contribution in [0.1, 0.15) is 28.9 Å². The number of nitrogens with zero attached hydrogens (tertiary/aromatic N) is 3. The third kappa shape index (κ3) is 3.90. The third-order valence-corrected chi connectivity index (χ3v) is 5.25. The molecular formula is C16H15F3N4O5S. The number of ether oxygens (including phenoxy) is 1. The SMILES string of the molecule is CCOC(=O)c1oc2ccc(S(=O)(=O)Nc3nc(C(F)(F)F)nn3C)cc2c1C. The standard InChI is InChI=1S/C16H15F3N4O5S/c1-4-27-13(24)12-8(2)10-7-9(5-6-11(10)28-12)29(25,26)22-15-20-14(16(17,18)19)21-23(15)3/h5-7H,4H2,1-3H3,(H,20,21,22). The maximum Gasteiger partial charge on any atom is 0.453 e. The molecule has 2 heterocycles. The first-order valence-electron chi connectivity index (χ1n) is 8.15. The van der Waals surface area contributed by atoms with E-state index in [0.29, 0.717) is 15.6 Å². The van der Waals surface area contributed by atoms with Crippen molar-refractivity contribution in [3.63, 3.8) is 0 Å². The predicted octanol–water partition coefficient (Wildman–Crippen LogP) is 2.87. The molecular weight excluding hydrogens is 417 g/mol. The molecule has 0 spiro atoms. The highest BCUT2D eigenvalue weighted by Crippen LogP contribution is 2.30. The number of hydrogen-bond acceptors (Lipinski definition) is 7. The van der Waals surface area contributed by atoms with Crippen LogP contribution in [-0.4, -0.2) is 35.8 Å². The average Bonchev–Trinajstić information content (AvgIpc) is 3.15. The van der Waals surface area contributed by atoms with Crippen LogP contribution in [0.5, 0.6) is 0 Å². The second kappa shape index (κ2) is 7.06. The summed E-state index contributed by atoms with van der Waals surface area (Å²) in [6.45, 7) is 3.32. The fourth-order valence-electron chi connectivity index (χ4n) is 2.53. The van der Waals surface area contributed by atoms with Crippen molar-refractivity contribution in [2.24, 2.45) is 7.05 Å². The number of rotatable bonds is 5. The Bertz CT molecular complexity index is 1200. The second-order valence-electron chi connectivity index (χ2n) is 5.92. The van der Waals surface area contributed by atoms with Gasteiger partial charge < -0.3 is 9.15 Å². The van der Waals surface area contributed by atoms with E-state index < -0.39 is 33.9 Å². The Balaban J connectivity index is 1.98. The number of hydrogen-bond donors (Lipinski definition) is 1. The summed E-state index contributed by atoms with van der Waals surface area (Å²) in [7, 11) is -3.18. The van der Waals surface area contributed by atoms with E-state index in [1.54, 1.807) is 13.8 Å². The lowest BCUT2D eigenvalue weighted by Gasteiger charge is -2.06. The van der Waals surface area contributed by atoms with Crippen LogP contribution in [0.25, 0.3) is 11.0 Å². The van der Waals surface area contributed by atoms with Crippen LogP contribution in [0.2, 0.25) is 0 Å². The minimum Gasteiger partial charge on any atom is -0.460 e. The summed E-state index contributed by atoms with van der Waals surface area (Å²) in [6.07, 6.45) is -4.82. The van der Waals surface area contributed by atoms with Crippen LogP contribution < -0.4 is 4.72 Å². The number of carbonyl (C=O) groups excluding carboxylic acids is 1. The molecule has 29 heavy (non-hydrogen) atoms. The minimum atomic E-state index is -4.82. The number of benzene rings is 1. The van der Waals surface area contributed by atoms with Crippen LogP contribution in [0, 0.1) is 6.92 Å². The molecule has 3 rings (SSSR count). The monoisotopic (exact) mass is 432 g/mol.